The summed E-state index contributed by atoms with van der Waals surface area (Å²) in [5.41, 5.74) is 0.879. The Bertz CT molecular complexity index is 412. The molecule has 106 valence electrons. The molecule has 2 rings (SSSR count). The van der Waals surface area contributed by atoms with Gasteiger partial charge in [-0.25, -0.2) is 9.97 Å². The van der Waals surface area contributed by atoms with Crippen LogP contribution >= 0.6 is 0 Å². The van der Waals surface area contributed by atoms with Crippen LogP contribution < -0.4 is 14.8 Å². The maximum Gasteiger partial charge on any atom is 0.223 e. The van der Waals surface area contributed by atoms with Crippen LogP contribution in [0.3, 0.4) is 0 Å². The van der Waals surface area contributed by atoms with Crippen molar-refractivity contribution >= 4 is 0 Å². The fraction of sp³-hybridized carbons (Fsp3) is 0.714. The molecule has 19 heavy (non-hydrogen) atoms. The molecule has 1 aliphatic rings. The second kappa shape index (κ2) is 6.70. The maximum atomic E-state index is 6.08. The average molecular weight is 265 g/mol. The number of ether oxygens (including phenoxy) is 2. The van der Waals surface area contributed by atoms with E-state index in [4.69, 9.17) is 9.47 Å². The van der Waals surface area contributed by atoms with Crippen LogP contribution in [0.25, 0.3) is 0 Å². The first kappa shape index (κ1) is 14.1. The molecular weight excluding hydrogens is 242 g/mol. The van der Waals surface area contributed by atoms with Gasteiger partial charge in [-0.3, -0.25) is 0 Å². The summed E-state index contributed by atoms with van der Waals surface area (Å²) in [5, 5.41) is 3.33. The third-order valence-corrected chi connectivity index (χ3v) is 3.61. The lowest BCUT2D eigenvalue weighted by atomic mass is 9.92. The van der Waals surface area contributed by atoms with Gasteiger partial charge in [0.2, 0.25) is 11.8 Å². The van der Waals surface area contributed by atoms with E-state index in [1.54, 1.807) is 0 Å². The molecule has 5 heteroatoms. The summed E-state index contributed by atoms with van der Waals surface area (Å²) in [6.45, 7) is 4.48. The Morgan fingerprint density at radius 3 is 2.74 bits per heavy atom. The fourth-order valence-electron chi connectivity index (χ4n) is 2.53. The molecule has 0 radical (unpaired) electrons. The van der Waals surface area contributed by atoms with Crippen LogP contribution in [-0.2, 0) is 0 Å². The highest BCUT2D eigenvalue weighted by molar-refractivity contribution is 5.32. The molecule has 1 aliphatic carbocycles. The van der Waals surface area contributed by atoms with E-state index in [0.717, 1.165) is 18.4 Å². The highest BCUT2D eigenvalue weighted by atomic mass is 16.5. The number of likely N-dealkylation sites (N-methyl/N-ethyl adjacent to an activating group) is 1. The average Bonchev–Trinajstić information content (AvgIpc) is 2.44. The first-order valence-corrected chi connectivity index (χ1v) is 7.04. The Hall–Kier alpha value is -1.36. The minimum absolute atomic E-state index is 0.182. The van der Waals surface area contributed by atoms with E-state index >= 15 is 0 Å². The first-order valence-electron chi connectivity index (χ1n) is 7.04. The van der Waals surface area contributed by atoms with Crippen molar-refractivity contribution < 1.29 is 9.47 Å². The quantitative estimate of drug-likeness (QED) is 0.883. The Morgan fingerprint density at radius 2 is 2.00 bits per heavy atom. The molecule has 0 amide bonds. The van der Waals surface area contributed by atoms with Gasteiger partial charge in [0.1, 0.15) is 12.4 Å². The van der Waals surface area contributed by atoms with Crippen molar-refractivity contribution in [2.24, 2.45) is 0 Å². The summed E-state index contributed by atoms with van der Waals surface area (Å²) in [5.74, 6) is 1.26. The van der Waals surface area contributed by atoms with Gasteiger partial charge in [0.05, 0.1) is 12.2 Å². The molecule has 0 saturated heterocycles. The molecule has 0 spiro atoms. The molecule has 0 aromatic carbocycles. The molecular formula is C14H23N3O2. The standard InChI is InChI=1S/C14H23N3O2/c1-4-18-13-10(2)14(17-9-16-13)19-12-8-6-5-7-11(12)15-3/h9,11-12,15H,4-8H2,1-3H3. The summed E-state index contributed by atoms with van der Waals surface area (Å²) < 4.78 is 11.6. The summed E-state index contributed by atoms with van der Waals surface area (Å²) >= 11 is 0. The summed E-state index contributed by atoms with van der Waals surface area (Å²) in [6, 6.07) is 0.402. The van der Waals surface area contributed by atoms with Crippen LogP contribution in [0.1, 0.15) is 38.2 Å². The number of aromatic nitrogens is 2. The lowest BCUT2D eigenvalue weighted by Crippen LogP contribution is -2.43. The molecule has 0 aliphatic heterocycles. The van der Waals surface area contributed by atoms with Crippen LogP contribution in [0.15, 0.2) is 6.33 Å². The largest absolute Gasteiger partial charge is 0.478 e. The predicted molar refractivity (Wildman–Crippen MR) is 73.7 cm³/mol. The zero-order chi connectivity index (χ0) is 13.7. The second-order valence-electron chi connectivity index (χ2n) is 4.88. The topological polar surface area (TPSA) is 56.3 Å². The molecule has 1 aromatic heterocycles. The van der Waals surface area contributed by atoms with Crippen molar-refractivity contribution in [2.75, 3.05) is 13.7 Å². The number of rotatable bonds is 5. The van der Waals surface area contributed by atoms with E-state index in [-0.39, 0.29) is 6.10 Å². The van der Waals surface area contributed by atoms with Crippen LogP contribution in [0, 0.1) is 6.92 Å². The zero-order valence-corrected chi connectivity index (χ0v) is 12.0. The summed E-state index contributed by atoms with van der Waals surface area (Å²) in [4.78, 5) is 8.37. The van der Waals surface area contributed by atoms with E-state index < -0.39 is 0 Å². The summed E-state index contributed by atoms with van der Waals surface area (Å²) in [7, 11) is 1.99. The van der Waals surface area contributed by atoms with E-state index in [9.17, 15) is 0 Å². The molecule has 1 aromatic rings. The zero-order valence-electron chi connectivity index (χ0n) is 12.0. The van der Waals surface area contributed by atoms with E-state index in [0.29, 0.717) is 24.4 Å². The predicted octanol–water partition coefficient (Wildman–Crippen LogP) is 2.09. The third kappa shape index (κ3) is 3.35. The van der Waals surface area contributed by atoms with E-state index in [2.05, 4.69) is 15.3 Å². The van der Waals surface area contributed by atoms with Gasteiger partial charge in [0.15, 0.2) is 0 Å². The van der Waals surface area contributed by atoms with Crippen molar-refractivity contribution in [3.8, 4) is 11.8 Å². The molecule has 2 atom stereocenters. The number of hydrogen-bond donors (Lipinski definition) is 1. The van der Waals surface area contributed by atoms with Crippen LogP contribution in [0.5, 0.6) is 11.8 Å². The van der Waals surface area contributed by atoms with Crippen molar-refractivity contribution in [3.63, 3.8) is 0 Å². The molecule has 1 N–H and O–H groups in total. The minimum Gasteiger partial charge on any atom is -0.478 e. The number of nitrogens with one attached hydrogen (secondary N) is 1. The van der Waals surface area contributed by atoms with Crippen LogP contribution in [0.4, 0.5) is 0 Å². The monoisotopic (exact) mass is 265 g/mol. The van der Waals surface area contributed by atoms with E-state index in [1.165, 1.54) is 19.2 Å². The lowest BCUT2D eigenvalue weighted by Gasteiger charge is -2.31. The Kier molecular flexibility index (Phi) is 4.96. The fourth-order valence-corrected chi connectivity index (χ4v) is 2.53. The van der Waals surface area contributed by atoms with Crippen molar-refractivity contribution in [1.29, 1.82) is 0 Å². The molecule has 1 fully saturated rings. The molecule has 0 bridgehead atoms. The van der Waals surface area contributed by atoms with Gasteiger partial charge in [-0.05, 0) is 40.2 Å². The minimum atomic E-state index is 0.182. The SMILES string of the molecule is CCOc1ncnc(OC2CCCCC2NC)c1C. The van der Waals surface area contributed by atoms with Gasteiger partial charge >= 0.3 is 0 Å². The Morgan fingerprint density at radius 1 is 1.26 bits per heavy atom. The van der Waals surface area contributed by atoms with Gasteiger partial charge in [-0.2, -0.15) is 0 Å². The lowest BCUT2D eigenvalue weighted by molar-refractivity contribution is 0.111. The van der Waals surface area contributed by atoms with Gasteiger partial charge in [-0.1, -0.05) is 6.42 Å². The van der Waals surface area contributed by atoms with Gasteiger partial charge < -0.3 is 14.8 Å². The highest BCUT2D eigenvalue weighted by Gasteiger charge is 2.26. The number of nitrogens with zero attached hydrogens (tertiary/aromatic N) is 2. The normalized spacial score (nSPS) is 23.1. The first-order chi connectivity index (χ1) is 9.26. The molecule has 1 saturated carbocycles. The smallest absolute Gasteiger partial charge is 0.223 e. The van der Waals surface area contributed by atoms with Gasteiger partial charge in [0, 0.05) is 6.04 Å². The van der Waals surface area contributed by atoms with Crippen LogP contribution in [-0.4, -0.2) is 35.8 Å². The Labute approximate surface area is 114 Å². The number of hydrogen-bond acceptors (Lipinski definition) is 5. The van der Waals surface area contributed by atoms with Gasteiger partial charge in [0.25, 0.3) is 0 Å². The molecule has 5 nitrogen and oxygen atoms in total. The van der Waals surface area contributed by atoms with E-state index in [1.807, 2.05) is 20.9 Å². The third-order valence-electron chi connectivity index (χ3n) is 3.61. The van der Waals surface area contributed by atoms with Crippen molar-refractivity contribution in [2.45, 2.75) is 51.7 Å². The molecule has 1 heterocycles. The molecule has 2 unspecified atom stereocenters. The van der Waals surface area contributed by atoms with Crippen molar-refractivity contribution in [3.05, 3.63) is 11.9 Å². The summed E-state index contributed by atoms with van der Waals surface area (Å²) in [6.07, 6.45) is 6.39. The second-order valence-corrected chi connectivity index (χ2v) is 4.88. The van der Waals surface area contributed by atoms with Gasteiger partial charge in [-0.15, -0.1) is 0 Å². The highest BCUT2D eigenvalue weighted by Crippen LogP contribution is 2.27. The van der Waals surface area contributed by atoms with Crippen LogP contribution in [0.2, 0.25) is 0 Å². The maximum absolute atomic E-state index is 6.08. The Balaban J connectivity index is 2.11. The van der Waals surface area contributed by atoms with Crippen molar-refractivity contribution in [1.82, 2.24) is 15.3 Å².